The monoisotopic (exact) mass is 366 g/mol. The maximum atomic E-state index is 12.1. The largest absolute Gasteiger partial charge is 0.272 e. The average molecular weight is 368 g/mol. The second kappa shape index (κ2) is 5.96. The molecular formula is C14H14Cl4N2O. The lowest BCUT2D eigenvalue weighted by atomic mass is 10.1. The number of amides is 1. The molecule has 0 bridgehead atoms. The molecule has 1 aromatic rings. The molecule has 0 saturated heterocycles. The number of benzene rings is 1. The minimum Gasteiger partial charge on any atom is -0.272 e. The maximum absolute atomic E-state index is 12.1. The molecule has 0 heterocycles. The van der Waals surface area contributed by atoms with Gasteiger partial charge in [0.15, 0.2) is 0 Å². The van der Waals surface area contributed by atoms with Crippen molar-refractivity contribution in [1.29, 1.82) is 0 Å². The predicted molar refractivity (Wildman–Crippen MR) is 88.6 cm³/mol. The summed E-state index contributed by atoms with van der Waals surface area (Å²) in [5.41, 5.74) is 3.10. The average Bonchev–Trinajstić information content (AvgIpc) is 2.92. The summed E-state index contributed by atoms with van der Waals surface area (Å²) in [6.07, 6.45) is 1.01. The van der Waals surface area contributed by atoms with Crippen LogP contribution in [0, 0.1) is 5.41 Å². The first-order valence-corrected chi connectivity index (χ1v) is 7.92. The van der Waals surface area contributed by atoms with Crippen LogP contribution < -0.4 is 5.43 Å². The number of alkyl halides is 2. The summed E-state index contributed by atoms with van der Waals surface area (Å²) >= 11 is 24.0. The molecule has 7 heteroatoms. The van der Waals surface area contributed by atoms with Crippen LogP contribution in [-0.2, 0) is 4.79 Å². The van der Waals surface area contributed by atoms with Gasteiger partial charge in [-0.3, -0.25) is 4.79 Å². The quantitative estimate of drug-likeness (QED) is 0.463. The van der Waals surface area contributed by atoms with E-state index >= 15 is 0 Å². The van der Waals surface area contributed by atoms with Crippen molar-refractivity contribution in [1.82, 2.24) is 5.43 Å². The second-order valence-electron chi connectivity index (χ2n) is 5.19. The number of carbonyl (C=O) groups excluding carboxylic acids is 1. The molecule has 1 aromatic carbocycles. The van der Waals surface area contributed by atoms with Crippen molar-refractivity contribution in [2.45, 2.75) is 31.0 Å². The Labute approximate surface area is 143 Å². The van der Waals surface area contributed by atoms with Crippen LogP contribution in [0.15, 0.2) is 23.3 Å². The summed E-state index contributed by atoms with van der Waals surface area (Å²) in [4.78, 5) is 12.1. The van der Waals surface area contributed by atoms with Gasteiger partial charge >= 0.3 is 0 Å². The van der Waals surface area contributed by atoms with Gasteiger partial charge in [0.2, 0.25) is 5.91 Å². The molecule has 1 N–H and O–H groups in total. The fourth-order valence-corrected chi connectivity index (χ4v) is 3.16. The smallest absolute Gasteiger partial charge is 0.249 e. The number of nitrogens with zero attached hydrogens (tertiary/aromatic N) is 1. The Morgan fingerprint density at radius 2 is 2.00 bits per heavy atom. The molecule has 0 spiro atoms. The lowest BCUT2D eigenvalue weighted by Crippen LogP contribution is -2.30. The van der Waals surface area contributed by atoms with Crippen LogP contribution in [0.25, 0.3) is 0 Å². The van der Waals surface area contributed by atoms with Crippen LogP contribution in [0.1, 0.15) is 32.3 Å². The van der Waals surface area contributed by atoms with Crippen molar-refractivity contribution in [2.24, 2.45) is 10.5 Å². The molecule has 1 fully saturated rings. The molecule has 3 nitrogen and oxygen atoms in total. The summed E-state index contributed by atoms with van der Waals surface area (Å²) in [7, 11) is 0. The zero-order valence-electron chi connectivity index (χ0n) is 11.5. The van der Waals surface area contributed by atoms with E-state index < -0.39 is 9.75 Å². The Bertz CT molecular complexity index is 615. The molecule has 0 aliphatic heterocycles. The number of carbonyl (C=O) groups is 1. The fraction of sp³-hybridized carbons (Fsp3) is 0.429. The Hall–Kier alpha value is -0.480. The lowest BCUT2D eigenvalue weighted by molar-refractivity contribution is -0.125. The molecular weight excluding hydrogens is 354 g/mol. The van der Waals surface area contributed by atoms with E-state index in [2.05, 4.69) is 10.5 Å². The van der Waals surface area contributed by atoms with Crippen LogP contribution in [0.4, 0.5) is 0 Å². The third kappa shape index (κ3) is 3.31. The Balaban J connectivity index is 2.17. The van der Waals surface area contributed by atoms with Gasteiger partial charge in [0.25, 0.3) is 0 Å². The molecule has 0 radical (unpaired) electrons. The third-order valence-corrected chi connectivity index (χ3v) is 5.28. The first-order valence-electron chi connectivity index (χ1n) is 6.41. The SMILES string of the molecule is CCC(=NNC(=O)C1(C)CC1(Cl)Cl)c1ccc(Cl)cc1Cl. The normalized spacial score (nSPS) is 23.8. The Morgan fingerprint density at radius 1 is 1.38 bits per heavy atom. The van der Waals surface area contributed by atoms with E-state index in [0.717, 1.165) is 5.56 Å². The van der Waals surface area contributed by atoms with Crippen molar-refractivity contribution >= 4 is 58.0 Å². The van der Waals surface area contributed by atoms with E-state index in [1.165, 1.54) is 0 Å². The van der Waals surface area contributed by atoms with Gasteiger partial charge in [0, 0.05) is 10.6 Å². The van der Waals surface area contributed by atoms with Crippen molar-refractivity contribution in [2.75, 3.05) is 0 Å². The van der Waals surface area contributed by atoms with Gasteiger partial charge in [0.05, 0.1) is 16.1 Å². The molecule has 1 unspecified atom stereocenters. The molecule has 2 rings (SSSR count). The first-order chi connectivity index (χ1) is 9.71. The third-order valence-electron chi connectivity index (χ3n) is 3.63. The number of rotatable bonds is 4. The van der Waals surface area contributed by atoms with Gasteiger partial charge in [0.1, 0.15) is 4.33 Å². The molecule has 1 aliphatic rings. The molecule has 21 heavy (non-hydrogen) atoms. The van der Waals surface area contributed by atoms with E-state index in [9.17, 15) is 4.79 Å². The predicted octanol–water partition coefficient (Wildman–Crippen LogP) is 4.81. The minimum atomic E-state index is -1.02. The van der Waals surface area contributed by atoms with E-state index in [4.69, 9.17) is 46.4 Å². The highest BCUT2D eigenvalue weighted by atomic mass is 35.5. The van der Waals surface area contributed by atoms with Gasteiger partial charge in [-0.05, 0) is 31.9 Å². The fourth-order valence-electron chi connectivity index (χ4n) is 1.94. The topological polar surface area (TPSA) is 41.5 Å². The molecule has 1 amide bonds. The van der Waals surface area contributed by atoms with E-state index in [1.807, 2.05) is 6.92 Å². The summed E-state index contributed by atoms with van der Waals surface area (Å²) in [6, 6.07) is 5.13. The van der Waals surface area contributed by atoms with Gasteiger partial charge in [-0.2, -0.15) is 5.10 Å². The highest BCUT2D eigenvalue weighted by molar-refractivity contribution is 6.53. The van der Waals surface area contributed by atoms with Gasteiger partial charge < -0.3 is 0 Å². The lowest BCUT2D eigenvalue weighted by Gasteiger charge is -2.11. The summed E-state index contributed by atoms with van der Waals surface area (Å²) in [5, 5.41) is 5.18. The van der Waals surface area contributed by atoms with E-state index in [1.54, 1.807) is 25.1 Å². The number of halogens is 4. The zero-order valence-corrected chi connectivity index (χ0v) is 14.5. The van der Waals surface area contributed by atoms with Crippen molar-refractivity contribution in [3.05, 3.63) is 33.8 Å². The summed E-state index contributed by atoms with van der Waals surface area (Å²) in [5.74, 6) is -0.302. The van der Waals surface area contributed by atoms with Crippen molar-refractivity contribution < 1.29 is 4.79 Å². The number of hydrogen-bond acceptors (Lipinski definition) is 2. The zero-order chi connectivity index (χ0) is 15.8. The molecule has 114 valence electrons. The summed E-state index contributed by atoms with van der Waals surface area (Å²) < 4.78 is -1.02. The summed E-state index contributed by atoms with van der Waals surface area (Å²) in [6.45, 7) is 3.63. The van der Waals surface area contributed by atoms with Gasteiger partial charge in [-0.25, -0.2) is 5.43 Å². The molecule has 0 aromatic heterocycles. The van der Waals surface area contributed by atoms with Crippen LogP contribution in [-0.4, -0.2) is 16.0 Å². The highest BCUT2D eigenvalue weighted by Gasteiger charge is 2.68. The van der Waals surface area contributed by atoms with Crippen LogP contribution in [0.3, 0.4) is 0 Å². The standard InChI is InChI=1S/C14H14Cl4N2O/c1-3-11(9-5-4-8(15)6-10(9)16)19-20-12(21)13(2)7-14(13,17)18/h4-6H,3,7H2,1-2H3,(H,20,21). The Morgan fingerprint density at radius 3 is 2.48 bits per heavy atom. The molecule has 1 atom stereocenters. The van der Waals surface area contributed by atoms with Gasteiger partial charge in [-0.15, -0.1) is 23.2 Å². The van der Waals surface area contributed by atoms with E-state index in [0.29, 0.717) is 28.6 Å². The van der Waals surface area contributed by atoms with Gasteiger partial charge in [-0.1, -0.05) is 36.2 Å². The molecule has 1 aliphatic carbocycles. The number of hydrazone groups is 1. The van der Waals surface area contributed by atoms with Crippen LogP contribution >= 0.6 is 46.4 Å². The number of nitrogens with one attached hydrogen (secondary N) is 1. The first kappa shape index (κ1) is 16.9. The minimum absolute atomic E-state index is 0.302. The number of hydrogen-bond donors (Lipinski definition) is 1. The van der Waals surface area contributed by atoms with Crippen LogP contribution in [0.2, 0.25) is 10.0 Å². The maximum Gasteiger partial charge on any atom is 0.249 e. The van der Waals surface area contributed by atoms with Crippen molar-refractivity contribution in [3.63, 3.8) is 0 Å². The second-order valence-corrected chi connectivity index (χ2v) is 7.52. The van der Waals surface area contributed by atoms with E-state index in [-0.39, 0.29) is 5.91 Å². The van der Waals surface area contributed by atoms with Crippen molar-refractivity contribution in [3.8, 4) is 0 Å². The highest BCUT2D eigenvalue weighted by Crippen LogP contribution is 2.63. The van der Waals surface area contributed by atoms with Crippen LogP contribution in [0.5, 0.6) is 0 Å². The molecule has 1 saturated carbocycles. The Kier molecular flexibility index (Phi) is 4.79.